The van der Waals surface area contributed by atoms with Gasteiger partial charge in [-0.2, -0.15) is 0 Å². The van der Waals surface area contributed by atoms with Crippen LogP contribution in [0, 0.1) is 5.41 Å². The first-order valence-electron chi connectivity index (χ1n) is 24.7. The molecule has 10 atom stereocenters. The van der Waals surface area contributed by atoms with E-state index >= 15 is 0 Å². The molecule has 2 saturated heterocycles. The molecule has 18 heteroatoms. The highest BCUT2D eigenvalue weighted by molar-refractivity contribution is 6.01. The molecule has 1 aliphatic carbocycles. The molecule has 6 rings (SSSR count). The molecule has 3 aromatic rings. The Morgan fingerprint density at radius 2 is 1.13 bits per heavy atom. The highest BCUT2D eigenvalue weighted by atomic mass is 16.2. The Hall–Kier alpha value is -6.66. The average Bonchev–Trinajstić information content (AvgIpc) is 3.99. The number of rotatable bonds is 17. The molecule has 382 valence electrons. The van der Waals surface area contributed by atoms with Crippen molar-refractivity contribution in [1.29, 1.82) is 0 Å². The first kappa shape index (κ1) is 53.7. The van der Waals surface area contributed by atoms with Gasteiger partial charge in [-0.05, 0) is 114 Å². The van der Waals surface area contributed by atoms with Gasteiger partial charge in [-0.15, -0.1) is 0 Å². The van der Waals surface area contributed by atoms with Crippen molar-refractivity contribution >= 4 is 47.3 Å². The summed E-state index contributed by atoms with van der Waals surface area (Å²) >= 11 is 0. The minimum Gasteiger partial charge on any atom is -0.348 e. The maximum Gasteiger partial charge on any atom is 0.251 e. The summed E-state index contributed by atoms with van der Waals surface area (Å²) in [5.74, 6) is -3.55. The molecule has 0 aromatic heterocycles. The Labute approximate surface area is 417 Å². The minimum absolute atomic E-state index is 0.0132. The molecule has 8 N–H and O–H groups in total. The molecule has 71 heavy (non-hydrogen) atoms. The van der Waals surface area contributed by atoms with E-state index in [1.54, 1.807) is 53.1 Å². The third-order valence-electron chi connectivity index (χ3n) is 14.0. The average molecular weight is 977 g/mol. The van der Waals surface area contributed by atoms with Gasteiger partial charge in [0.15, 0.2) is 0 Å². The fourth-order valence-corrected chi connectivity index (χ4v) is 9.50. The zero-order chi connectivity index (χ0) is 51.7. The van der Waals surface area contributed by atoms with Crippen molar-refractivity contribution in [2.45, 2.75) is 141 Å². The van der Waals surface area contributed by atoms with E-state index in [9.17, 15) is 38.4 Å². The molecule has 0 bridgehead atoms. The molecule has 3 aliphatic rings. The third-order valence-corrected chi connectivity index (χ3v) is 14.0. The molecule has 0 saturated carbocycles. The van der Waals surface area contributed by atoms with Crippen LogP contribution in [-0.4, -0.2) is 133 Å². The minimum atomic E-state index is -0.995. The molecular formula is C53H72N10O8. The van der Waals surface area contributed by atoms with E-state index in [-0.39, 0.29) is 66.9 Å². The monoisotopic (exact) mass is 977 g/mol. The van der Waals surface area contributed by atoms with Crippen LogP contribution in [0.15, 0.2) is 78.9 Å². The third kappa shape index (κ3) is 13.2. The smallest absolute Gasteiger partial charge is 0.251 e. The maximum absolute atomic E-state index is 14.6. The molecule has 8 amide bonds. The summed E-state index contributed by atoms with van der Waals surface area (Å²) in [5.41, 5.74) is 2.62. The van der Waals surface area contributed by atoms with E-state index in [0.29, 0.717) is 0 Å². The SMILES string of the molecule is CN[C@@H](C)C(=O)N[C@@H](C)C(=O)N1C[C@@H](NC(=O)c2cccc(C(=O)N[C@H]3C[C@@H](C(=O)N[C@@H]4CCCc5ccccc54)N(C(=O)[C@@H](NC(=O)[C@H](C)NC)C(C)(C)C)C3)c2)C[C@H]1C(=O)N[C@H](C)c1ccccc1. The number of benzene rings is 3. The fraction of sp³-hybridized carbons (Fsp3) is 0.509. The van der Waals surface area contributed by atoms with Gasteiger partial charge in [0, 0.05) is 36.3 Å². The van der Waals surface area contributed by atoms with Crippen LogP contribution in [0.5, 0.6) is 0 Å². The summed E-state index contributed by atoms with van der Waals surface area (Å²) in [5, 5.41) is 23.5. The Kier molecular flexibility index (Phi) is 17.8. The lowest BCUT2D eigenvalue weighted by molar-refractivity contribution is -0.144. The number of aryl methyl sites for hydroxylation is 1. The number of hydrogen-bond donors (Lipinski definition) is 8. The van der Waals surface area contributed by atoms with Gasteiger partial charge in [0.25, 0.3) is 11.8 Å². The second kappa shape index (κ2) is 23.5. The summed E-state index contributed by atoms with van der Waals surface area (Å²) in [6.45, 7) is 12.2. The molecule has 18 nitrogen and oxygen atoms in total. The lowest BCUT2D eigenvalue weighted by Crippen LogP contribution is -2.59. The second-order valence-electron chi connectivity index (χ2n) is 20.3. The van der Waals surface area contributed by atoms with Crippen molar-refractivity contribution in [3.05, 3.63) is 107 Å². The van der Waals surface area contributed by atoms with Gasteiger partial charge in [-0.1, -0.05) is 81.4 Å². The van der Waals surface area contributed by atoms with Gasteiger partial charge >= 0.3 is 0 Å². The summed E-state index contributed by atoms with van der Waals surface area (Å²) in [4.78, 5) is 114. The highest BCUT2D eigenvalue weighted by Gasteiger charge is 2.47. The lowest BCUT2D eigenvalue weighted by atomic mass is 9.85. The van der Waals surface area contributed by atoms with Gasteiger partial charge in [-0.3, -0.25) is 38.4 Å². The molecule has 0 unspecified atom stereocenters. The quantitative estimate of drug-likeness (QED) is 0.0984. The van der Waals surface area contributed by atoms with Crippen LogP contribution < -0.4 is 42.5 Å². The van der Waals surface area contributed by atoms with Gasteiger partial charge in [0.05, 0.1) is 24.2 Å². The number of amides is 8. The first-order valence-corrected chi connectivity index (χ1v) is 24.7. The van der Waals surface area contributed by atoms with Crippen LogP contribution in [-0.2, 0) is 35.2 Å². The second-order valence-corrected chi connectivity index (χ2v) is 20.3. The van der Waals surface area contributed by atoms with Gasteiger partial charge in [-0.25, -0.2) is 0 Å². The normalized spacial score (nSPS) is 21.8. The summed E-state index contributed by atoms with van der Waals surface area (Å²) < 4.78 is 0. The first-order chi connectivity index (χ1) is 33.7. The van der Waals surface area contributed by atoms with Crippen LogP contribution in [0.1, 0.15) is 124 Å². The van der Waals surface area contributed by atoms with E-state index in [1.807, 2.05) is 76.2 Å². The van der Waals surface area contributed by atoms with Crippen LogP contribution >= 0.6 is 0 Å². The van der Waals surface area contributed by atoms with E-state index in [2.05, 4.69) is 48.6 Å². The number of nitrogens with zero attached hydrogens (tertiary/aromatic N) is 2. The summed E-state index contributed by atoms with van der Waals surface area (Å²) in [6.07, 6.45) is 2.70. The Bertz CT molecular complexity index is 2440. The molecule has 0 radical (unpaired) electrons. The predicted octanol–water partition coefficient (Wildman–Crippen LogP) is 2.41. The number of nitrogens with one attached hydrogen (secondary N) is 8. The number of carbonyl (C=O) groups excluding carboxylic acids is 8. The number of carbonyl (C=O) groups is 8. The van der Waals surface area contributed by atoms with Gasteiger partial charge in [0.2, 0.25) is 35.4 Å². The molecule has 2 fully saturated rings. The van der Waals surface area contributed by atoms with Crippen LogP contribution in [0.4, 0.5) is 0 Å². The molecule has 2 aliphatic heterocycles. The largest absolute Gasteiger partial charge is 0.348 e. The molecular weight excluding hydrogens is 905 g/mol. The zero-order valence-electron chi connectivity index (χ0n) is 42.4. The lowest BCUT2D eigenvalue weighted by Gasteiger charge is -2.36. The Morgan fingerprint density at radius 3 is 1.70 bits per heavy atom. The topological polar surface area (TPSA) is 239 Å². The maximum atomic E-state index is 14.6. The van der Waals surface area contributed by atoms with E-state index in [0.717, 1.165) is 36.0 Å². The number of likely N-dealkylation sites (N-methyl/N-ethyl adjacent to an activating group) is 2. The van der Waals surface area contributed by atoms with Crippen molar-refractivity contribution in [1.82, 2.24) is 52.3 Å². The number of hydrogen-bond acceptors (Lipinski definition) is 10. The van der Waals surface area contributed by atoms with Crippen molar-refractivity contribution in [3.8, 4) is 0 Å². The molecule has 2 heterocycles. The van der Waals surface area contributed by atoms with Crippen LogP contribution in [0.25, 0.3) is 0 Å². The number of fused-ring (bicyclic) bond motifs is 1. The standard InChI is InChI=1S/C53H72N10O8/c1-30(34-17-11-10-12-18-34)56-49(68)42-26-38(28-62(42)51(70)33(4)57-45(64)31(2)54-8)58-47(66)36-21-15-22-37(25-36)48(67)59-39-27-43(50(69)60-41-24-16-20-35-19-13-14-23-40(35)41)63(29-39)52(71)44(53(5,6)7)61-46(65)32(3)55-9/h10-15,17-19,21-23,25,30-33,38-39,41-44,54-55H,16,20,24,26-29H2,1-9H3,(H,56,68)(H,57,64)(H,58,66)(H,59,67)(H,60,69)(H,61,65)/t30-,31+,32+,33+,38+,39+,41-,42+,43+,44-/m1/s1. The highest BCUT2D eigenvalue weighted by Crippen LogP contribution is 2.32. The number of likely N-dealkylation sites (tertiary alicyclic amines) is 2. The van der Waals surface area contributed by atoms with Gasteiger partial charge in [0.1, 0.15) is 24.2 Å². The van der Waals surface area contributed by atoms with Crippen molar-refractivity contribution in [3.63, 3.8) is 0 Å². The molecule has 3 aromatic carbocycles. The summed E-state index contributed by atoms with van der Waals surface area (Å²) in [7, 11) is 3.28. The summed E-state index contributed by atoms with van der Waals surface area (Å²) in [6, 6.07) is 16.4. The Balaban J connectivity index is 1.17. The fourth-order valence-electron chi connectivity index (χ4n) is 9.50. The van der Waals surface area contributed by atoms with E-state index in [4.69, 9.17) is 0 Å². The van der Waals surface area contributed by atoms with Crippen molar-refractivity contribution in [2.24, 2.45) is 5.41 Å². The van der Waals surface area contributed by atoms with Crippen molar-refractivity contribution in [2.75, 3.05) is 27.2 Å². The van der Waals surface area contributed by atoms with E-state index < -0.39 is 83.3 Å². The van der Waals surface area contributed by atoms with E-state index in [1.165, 1.54) is 15.9 Å². The van der Waals surface area contributed by atoms with Crippen molar-refractivity contribution < 1.29 is 38.4 Å². The van der Waals surface area contributed by atoms with Crippen LogP contribution in [0.2, 0.25) is 0 Å². The van der Waals surface area contributed by atoms with Gasteiger partial charge < -0.3 is 52.3 Å². The predicted molar refractivity (Wildman–Crippen MR) is 268 cm³/mol. The van der Waals surface area contributed by atoms with Crippen LogP contribution in [0.3, 0.4) is 0 Å². The molecule has 0 spiro atoms. The zero-order valence-corrected chi connectivity index (χ0v) is 42.4. The Morgan fingerprint density at radius 1 is 0.592 bits per heavy atom.